The van der Waals surface area contributed by atoms with Gasteiger partial charge in [-0.15, -0.1) is 0 Å². The molecule has 3 unspecified atom stereocenters. The number of aromatic amines is 1. The molecule has 1 saturated heterocycles. The Balaban J connectivity index is 1.91. The van der Waals surface area contributed by atoms with Gasteiger partial charge in [-0.3, -0.25) is 23.5 Å². The Hall–Kier alpha value is -2.56. The Morgan fingerprint density at radius 1 is 1.43 bits per heavy atom. The zero-order chi connectivity index (χ0) is 16.1. The fourth-order valence-electron chi connectivity index (χ4n) is 2.76. The number of rotatable bonds is 2. The molecular weight excluding hydrogens is 306 g/mol. The highest BCUT2D eigenvalue weighted by Gasteiger charge is 2.35. The summed E-state index contributed by atoms with van der Waals surface area (Å²) in [5.74, 6) is 0.0917. The van der Waals surface area contributed by atoms with Crippen LogP contribution in [0.25, 0.3) is 16.9 Å². The maximum absolute atomic E-state index is 12.4. The maximum atomic E-state index is 12.4. The third-order valence-corrected chi connectivity index (χ3v) is 3.93. The van der Waals surface area contributed by atoms with Crippen LogP contribution in [-0.4, -0.2) is 52.9 Å². The molecule has 4 heterocycles. The molecule has 0 aliphatic carbocycles. The van der Waals surface area contributed by atoms with E-state index < -0.39 is 24.0 Å². The Kier molecular flexibility index (Phi) is 3.04. The van der Waals surface area contributed by atoms with Crippen LogP contribution in [0.3, 0.4) is 0 Å². The molecule has 1 aliphatic rings. The minimum Gasteiger partial charge on any atom is -0.394 e. The molecule has 1 fully saturated rings. The van der Waals surface area contributed by atoms with Crippen LogP contribution in [0.1, 0.15) is 12.6 Å². The lowest BCUT2D eigenvalue weighted by atomic mass is 10.2. The summed E-state index contributed by atoms with van der Waals surface area (Å²) in [4.78, 5) is 34.6. The van der Waals surface area contributed by atoms with Crippen molar-refractivity contribution in [1.82, 2.24) is 23.9 Å². The summed E-state index contributed by atoms with van der Waals surface area (Å²) >= 11 is 0. The second kappa shape index (κ2) is 4.98. The zero-order valence-electron chi connectivity index (χ0n) is 11.8. The average Bonchev–Trinajstić information content (AvgIpc) is 3.10. The highest BCUT2D eigenvalue weighted by atomic mass is 16.5. The van der Waals surface area contributed by atoms with E-state index in [4.69, 9.17) is 9.84 Å². The Morgan fingerprint density at radius 3 is 3.00 bits per heavy atom. The van der Waals surface area contributed by atoms with Gasteiger partial charge in [0.1, 0.15) is 12.3 Å². The third kappa shape index (κ3) is 2.07. The standard InChI is InChI=1S/C13H13N5O5/c19-4-7-6(20)3-9(23-7)18-5-14-10-11(18)16-13-15-8(21)1-2-17(13)12(10)22/h1-2,5-7,9,19-20H,3-4H2,(H,15,16,21). The first-order chi connectivity index (χ1) is 11.1. The van der Waals surface area contributed by atoms with E-state index in [2.05, 4.69) is 15.0 Å². The average molecular weight is 319 g/mol. The van der Waals surface area contributed by atoms with Gasteiger partial charge in [-0.1, -0.05) is 0 Å². The summed E-state index contributed by atoms with van der Waals surface area (Å²) in [6.45, 7) is -0.309. The quantitative estimate of drug-likeness (QED) is 0.516. The van der Waals surface area contributed by atoms with Crippen molar-refractivity contribution in [3.8, 4) is 0 Å². The molecule has 0 amide bonds. The van der Waals surface area contributed by atoms with E-state index in [0.29, 0.717) is 0 Å². The van der Waals surface area contributed by atoms with Crippen molar-refractivity contribution in [1.29, 1.82) is 0 Å². The molecule has 120 valence electrons. The number of nitrogens with zero attached hydrogens (tertiary/aromatic N) is 4. The van der Waals surface area contributed by atoms with Gasteiger partial charge < -0.3 is 14.9 Å². The van der Waals surface area contributed by atoms with Crippen LogP contribution in [0.5, 0.6) is 0 Å². The normalized spacial score (nSPS) is 24.7. The molecule has 3 atom stereocenters. The number of aromatic nitrogens is 5. The smallest absolute Gasteiger partial charge is 0.287 e. The van der Waals surface area contributed by atoms with Crippen LogP contribution in [0.4, 0.5) is 0 Å². The molecule has 1 aliphatic heterocycles. The number of nitrogens with one attached hydrogen (secondary N) is 1. The molecule has 4 rings (SSSR count). The number of fused-ring (bicyclic) bond motifs is 2. The molecule has 3 aromatic rings. The fraction of sp³-hybridized carbons (Fsp3) is 0.385. The van der Waals surface area contributed by atoms with Crippen LogP contribution < -0.4 is 11.1 Å². The first-order valence-corrected chi connectivity index (χ1v) is 7.01. The van der Waals surface area contributed by atoms with E-state index in [1.807, 2.05) is 0 Å². The van der Waals surface area contributed by atoms with Gasteiger partial charge in [0, 0.05) is 18.7 Å². The van der Waals surface area contributed by atoms with Crippen LogP contribution in [0.2, 0.25) is 0 Å². The van der Waals surface area contributed by atoms with Crippen molar-refractivity contribution in [3.05, 3.63) is 39.3 Å². The summed E-state index contributed by atoms with van der Waals surface area (Å²) < 4.78 is 8.26. The molecular formula is C13H13N5O5. The molecule has 23 heavy (non-hydrogen) atoms. The van der Waals surface area contributed by atoms with Crippen molar-refractivity contribution in [2.45, 2.75) is 24.9 Å². The number of aliphatic hydroxyl groups is 2. The summed E-state index contributed by atoms with van der Waals surface area (Å²) in [5, 5.41) is 19.0. The van der Waals surface area contributed by atoms with Gasteiger partial charge in [0.15, 0.2) is 11.2 Å². The summed E-state index contributed by atoms with van der Waals surface area (Å²) in [6, 6.07) is 1.22. The van der Waals surface area contributed by atoms with Crippen molar-refractivity contribution in [2.75, 3.05) is 6.61 Å². The number of aliphatic hydroxyl groups excluding tert-OH is 2. The van der Waals surface area contributed by atoms with Gasteiger partial charge in [0.05, 0.1) is 19.0 Å². The predicted octanol–water partition coefficient (Wildman–Crippen LogP) is -1.63. The first kappa shape index (κ1) is 14.1. The molecule has 3 aromatic heterocycles. The number of hydrogen-bond acceptors (Lipinski definition) is 7. The number of ether oxygens (including phenoxy) is 1. The lowest BCUT2D eigenvalue weighted by Gasteiger charge is -2.13. The van der Waals surface area contributed by atoms with Gasteiger partial charge in [-0.05, 0) is 0 Å². The molecule has 0 bridgehead atoms. The number of imidazole rings is 1. The van der Waals surface area contributed by atoms with E-state index in [1.54, 1.807) is 0 Å². The van der Waals surface area contributed by atoms with E-state index in [-0.39, 0.29) is 35.5 Å². The summed E-state index contributed by atoms with van der Waals surface area (Å²) in [6.07, 6.45) is 0.857. The fourth-order valence-corrected chi connectivity index (χ4v) is 2.76. The van der Waals surface area contributed by atoms with Crippen molar-refractivity contribution >= 4 is 16.9 Å². The zero-order valence-corrected chi connectivity index (χ0v) is 11.8. The van der Waals surface area contributed by atoms with Crippen molar-refractivity contribution in [2.24, 2.45) is 0 Å². The second-order valence-corrected chi connectivity index (χ2v) is 5.35. The van der Waals surface area contributed by atoms with Crippen LogP contribution >= 0.6 is 0 Å². The monoisotopic (exact) mass is 319 g/mol. The number of H-pyrrole nitrogens is 1. The predicted molar refractivity (Wildman–Crippen MR) is 77.0 cm³/mol. The minimum atomic E-state index is -0.816. The van der Waals surface area contributed by atoms with E-state index in [0.717, 1.165) is 0 Å². The van der Waals surface area contributed by atoms with Gasteiger partial charge in [-0.2, -0.15) is 4.98 Å². The van der Waals surface area contributed by atoms with Crippen LogP contribution in [0, 0.1) is 0 Å². The molecule has 0 saturated carbocycles. The van der Waals surface area contributed by atoms with E-state index >= 15 is 0 Å². The van der Waals surface area contributed by atoms with E-state index in [1.165, 1.54) is 27.6 Å². The molecule has 0 spiro atoms. The van der Waals surface area contributed by atoms with Gasteiger partial charge in [-0.25, -0.2) is 4.98 Å². The first-order valence-electron chi connectivity index (χ1n) is 7.01. The lowest BCUT2D eigenvalue weighted by Crippen LogP contribution is -2.24. The number of hydrogen-bond donors (Lipinski definition) is 3. The Bertz CT molecular complexity index is 1010. The summed E-state index contributed by atoms with van der Waals surface area (Å²) in [5.41, 5.74) is -0.430. The Morgan fingerprint density at radius 2 is 2.26 bits per heavy atom. The van der Waals surface area contributed by atoms with Gasteiger partial charge in [0.2, 0.25) is 5.78 Å². The topological polar surface area (TPSA) is 135 Å². The van der Waals surface area contributed by atoms with Gasteiger partial charge >= 0.3 is 0 Å². The van der Waals surface area contributed by atoms with Crippen LogP contribution in [0.15, 0.2) is 28.2 Å². The lowest BCUT2D eigenvalue weighted by molar-refractivity contribution is -0.0432. The molecule has 10 heteroatoms. The summed E-state index contributed by atoms with van der Waals surface area (Å²) in [7, 11) is 0. The molecule has 3 N–H and O–H groups in total. The van der Waals surface area contributed by atoms with E-state index in [9.17, 15) is 14.7 Å². The maximum Gasteiger partial charge on any atom is 0.287 e. The minimum absolute atomic E-state index is 0.0917. The molecule has 0 radical (unpaired) electrons. The largest absolute Gasteiger partial charge is 0.394 e. The van der Waals surface area contributed by atoms with Crippen molar-refractivity contribution < 1.29 is 14.9 Å². The Labute approximate surface area is 127 Å². The SMILES string of the molecule is O=c1ccn2c(=O)c3ncn(C4CC(O)C(CO)O4)c3nc2[nH]1. The third-order valence-electron chi connectivity index (χ3n) is 3.93. The van der Waals surface area contributed by atoms with Crippen molar-refractivity contribution in [3.63, 3.8) is 0 Å². The second-order valence-electron chi connectivity index (χ2n) is 5.35. The molecule has 0 aromatic carbocycles. The van der Waals surface area contributed by atoms with Gasteiger partial charge in [0.25, 0.3) is 11.1 Å². The highest BCUT2D eigenvalue weighted by Crippen LogP contribution is 2.30. The highest BCUT2D eigenvalue weighted by molar-refractivity contribution is 5.71. The molecule has 10 nitrogen and oxygen atoms in total. The van der Waals surface area contributed by atoms with Crippen LogP contribution in [-0.2, 0) is 4.74 Å².